The molecule has 2 fully saturated rings. The molecule has 2 aromatic rings. The van der Waals surface area contributed by atoms with Crippen molar-refractivity contribution in [1.82, 2.24) is 10.0 Å². The second kappa shape index (κ2) is 8.95. The largest absolute Gasteiger partial charge is 0.464 e. The Morgan fingerprint density at radius 2 is 1.76 bits per heavy atom. The van der Waals surface area contributed by atoms with Crippen molar-refractivity contribution in [3.05, 3.63) is 64.1 Å². The molecule has 9 nitrogen and oxygen atoms in total. The third-order valence-corrected chi connectivity index (χ3v) is 7.44. The van der Waals surface area contributed by atoms with E-state index in [1.165, 1.54) is 5.01 Å². The van der Waals surface area contributed by atoms with E-state index in [9.17, 15) is 19.2 Å². The van der Waals surface area contributed by atoms with E-state index in [0.29, 0.717) is 17.8 Å². The zero-order chi connectivity index (χ0) is 26.7. The van der Waals surface area contributed by atoms with E-state index in [1.54, 1.807) is 57.0 Å². The standard InChI is InChI=1S/C27H28BrN3O6/c1-5-36-23(33)22-27(21(16-10-12-17(28)13-11-16)29-15-14-20(32)31(22)29)18-8-6-7-9-19(18)30(24(27)34)25(35)37-26(2,3)4/h6-13,21-22H,5,14-15H2,1-4H3/t21-,22-,27+/m0/s1. The van der Waals surface area contributed by atoms with Crippen molar-refractivity contribution >= 4 is 45.5 Å². The Morgan fingerprint density at radius 3 is 2.41 bits per heavy atom. The molecule has 0 aromatic heterocycles. The van der Waals surface area contributed by atoms with Gasteiger partial charge in [-0.05, 0) is 57.0 Å². The molecule has 0 saturated carbocycles. The molecule has 0 radical (unpaired) electrons. The van der Waals surface area contributed by atoms with Crippen molar-refractivity contribution in [2.75, 3.05) is 18.1 Å². The summed E-state index contributed by atoms with van der Waals surface area (Å²) in [4.78, 5) is 56.0. The SMILES string of the molecule is CCOC(=O)[C@@H]1N2C(=O)CCN2[C@@H](c2ccc(Br)cc2)[C@@]12C(=O)N(C(=O)OC(C)(C)C)c1ccccc12. The number of fused-ring (bicyclic) bond motifs is 3. The van der Waals surface area contributed by atoms with Gasteiger partial charge in [-0.25, -0.2) is 19.5 Å². The Balaban J connectivity index is 1.80. The summed E-state index contributed by atoms with van der Waals surface area (Å²) < 4.78 is 11.9. The van der Waals surface area contributed by atoms with Crippen LogP contribution in [-0.2, 0) is 29.3 Å². The molecule has 3 heterocycles. The molecule has 2 saturated heterocycles. The lowest BCUT2D eigenvalue weighted by Gasteiger charge is -2.34. The van der Waals surface area contributed by atoms with E-state index in [0.717, 1.165) is 14.9 Å². The number of hydrogen-bond donors (Lipinski definition) is 0. The van der Waals surface area contributed by atoms with E-state index < -0.39 is 41.1 Å². The Labute approximate surface area is 223 Å². The van der Waals surface area contributed by atoms with Gasteiger partial charge in [-0.15, -0.1) is 0 Å². The molecule has 3 aliphatic heterocycles. The number of hydrogen-bond acceptors (Lipinski definition) is 7. The van der Waals surface area contributed by atoms with Crippen LogP contribution in [0.2, 0.25) is 0 Å². The number of amides is 3. The second-order valence-corrected chi connectivity index (χ2v) is 11.2. The normalized spacial score (nSPS) is 25.0. The van der Waals surface area contributed by atoms with Gasteiger partial charge in [0.15, 0.2) is 6.04 Å². The van der Waals surface area contributed by atoms with Crippen LogP contribution in [-0.4, -0.2) is 58.7 Å². The molecule has 0 bridgehead atoms. The van der Waals surface area contributed by atoms with Gasteiger partial charge in [0.05, 0.1) is 18.3 Å². The number of esters is 1. The summed E-state index contributed by atoms with van der Waals surface area (Å²) in [5.74, 6) is -1.61. The van der Waals surface area contributed by atoms with E-state index in [4.69, 9.17) is 9.47 Å². The molecule has 3 atom stereocenters. The molecule has 1 spiro atoms. The van der Waals surface area contributed by atoms with E-state index in [2.05, 4.69) is 15.9 Å². The predicted molar refractivity (Wildman–Crippen MR) is 137 cm³/mol. The molecule has 0 aliphatic carbocycles. The summed E-state index contributed by atoms with van der Waals surface area (Å²) >= 11 is 3.46. The third-order valence-electron chi connectivity index (χ3n) is 6.91. The van der Waals surface area contributed by atoms with Crippen molar-refractivity contribution in [2.45, 2.75) is 57.2 Å². The summed E-state index contributed by atoms with van der Waals surface area (Å²) in [6.07, 6.45) is -0.641. The fourth-order valence-electron chi connectivity index (χ4n) is 5.73. The van der Waals surface area contributed by atoms with Crippen molar-refractivity contribution in [3.63, 3.8) is 0 Å². The van der Waals surface area contributed by atoms with Gasteiger partial charge in [0.1, 0.15) is 11.0 Å². The second-order valence-electron chi connectivity index (χ2n) is 10.3. The Bertz CT molecular complexity index is 1290. The molecule has 5 rings (SSSR count). The fraction of sp³-hybridized carbons (Fsp3) is 0.407. The molecule has 2 aromatic carbocycles. The monoisotopic (exact) mass is 569 g/mol. The Kier molecular flexibility index (Phi) is 6.15. The van der Waals surface area contributed by atoms with Crippen molar-refractivity contribution in [3.8, 4) is 0 Å². The lowest BCUT2D eigenvalue weighted by molar-refractivity contribution is -0.160. The van der Waals surface area contributed by atoms with Crippen LogP contribution in [0.1, 0.15) is 51.3 Å². The molecular weight excluding hydrogens is 542 g/mol. The first-order valence-electron chi connectivity index (χ1n) is 12.2. The summed E-state index contributed by atoms with van der Waals surface area (Å²) in [5.41, 5.74) is -0.970. The minimum Gasteiger partial charge on any atom is -0.464 e. The Hall–Kier alpha value is -3.24. The number of anilines is 1. The van der Waals surface area contributed by atoms with Crippen LogP contribution in [0, 0.1) is 0 Å². The first kappa shape index (κ1) is 25.4. The van der Waals surface area contributed by atoms with Gasteiger partial charge in [0.25, 0.3) is 5.91 Å². The number of ether oxygens (including phenoxy) is 2. The molecule has 3 amide bonds. The van der Waals surface area contributed by atoms with Crippen LogP contribution in [0.4, 0.5) is 10.5 Å². The summed E-state index contributed by atoms with van der Waals surface area (Å²) in [5, 5.41) is 3.15. The number of para-hydroxylation sites is 1. The molecule has 3 aliphatic rings. The van der Waals surface area contributed by atoms with Crippen LogP contribution >= 0.6 is 15.9 Å². The number of carbonyl (C=O) groups excluding carboxylic acids is 4. The number of halogens is 1. The molecule has 0 N–H and O–H groups in total. The highest BCUT2D eigenvalue weighted by Crippen LogP contribution is 2.60. The first-order valence-corrected chi connectivity index (χ1v) is 13.0. The van der Waals surface area contributed by atoms with E-state index in [-0.39, 0.29) is 18.9 Å². The number of imide groups is 1. The average molecular weight is 570 g/mol. The lowest BCUT2D eigenvalue weighted by Crippen LogP contribution is -2.57. The van der Waals surface area contributed by atoms with Crippen LogP contribution in [0.5, 0.6) is 0 Å². The zero-order valence-electron chi connectivity index (χ0n) is 21.1. The number of benzene rings is 2. The maximum Gasteiger partial charge on any atom is 0.421 e. The zero-order valence-corrected chi connectivity index (χ0v) is 22.6. The van der Waals surface area contributed by atoms with Gasteiger partial charge >= 0.3 is 12.1 Å². The number of carbonyl (C=O) groups is 4. The number of nitrogens with zero attached hydrogens (tertiary/aromatic N) is 3. The fourth-order valence-corrected chi connectivity index (χ4v) is 6.00. The van der Waals surface area contributed by atoms with Crippen LogP contribution < -0.4 is 4.90 Å². The van der Waals surface area contributed by atoms with E-state index in [1.807, 2.05) is 24.3 Å². The highest BCUT2D eigenvalue weighted by Gasteiger charge is 2.74. The molecule has 37 heavy (non-hydrogen) atoms. The van der Waals surface area contributed by atoms with Gasteiger partial charge in [0.2, 0.25) is 5.91 Å². The van der Waals surface area contributed by atoms with Gasteiger partial charge < -0.3 is 9.47 Å². The summed E-state index contributed by atoms with van der Waals surface area (Å²) in [6.45, 7) is 7.22. The van der Waals surface area contributed by atoms with Gasteiger partial charge in [-0.3, -0.25) is 14.6 Å². The first-order chi connectivity index (χ1) is 17.5. The molecule has 10 heteroatoms. The maximum atomic E-state index is 14.7. The quantitative estimate of drug-likeness (QED) is 0.513. The topological polar surface area (TPSA) is 96.5 Å². The molecule has 194 valence electrons. The van der Waals surface area contributed by atoms with Gasteiger partial charge in [0, 0.05) is 17.4 Å². The summed E-state index contributed by atoms with van der Waals surface area (Å²) in [6, 6.07) is 12.2. The number of hydrazine groups is 1. The lowest BCUT2D eigenvalue weighted by atomic mass is 9.68. The maximum absolute atomic E-state index is 14.7. The predicted octanol–water partition coefficient (Wildman–Crippen LogP) is 4.10. The molecule has 0 unspecified atom stereocenters. The Morgan fingerprint density at radius 1 is 1.08 bits per heavy atom. The van der Waals surface area contributed by atoms with Crippen molar-refractivity contribution in [1.29, 1.82) is 0 Å². The minimum absolute atomic E-state index is 0.0714. The minimum atomic E-state index is -1.64. The van der Waals surface area contributed by atoms with Gasteiger partial charge in [-0.2, -0.15) is 0 Å². The number of rotatable bonds is 3. The van der Waals surface area contributed by atoms with Crippen LogP contribution in [0.15, 0.2) is 53.0 Å². The van der Waals surface area contributed by atoms with Crippen molar-refractivity contribution < 1.29 is 28.7 Å². The van der Waals surface area contributed by atoms with Crippen molar-refractivity contribution in [2.24, 2.45) is 0 Å². The average Bonchev–Trinajstić information content (AvgIpc) is 3.43. The van der Waals surface area contributed by atoms with E-state index >= 15 is 0 Å². The smallest absolute Gasteiger partial charge is 0.421 e. The van der Waals surface area contributed by atoms with Crippen LogP contribution in [0.3, 0.4) is 0 Å². The highest BCUT2D eigenvalue weighted by atomic mass is 79.9. The van der Waals surface area contributed by atoms with Crippen LogP contribution in [0.25, 0.3) is 0 Å². The third kappa shape index (κ3) is 3.76. The van der Waals surface area contributed by atoms with Gasteiger partial charge in [-0.1, -0.05) is 46.3 Å². The highest BCUT2D eigenvalue weighted by molar-refractivity contribution is 9.10. The summed E-state index contributed by atoms with van der Waals surface area (Å²) in [7, 11) is 0. The molecular formula is C27H28BrN3O6.